The minimum Gasteiger partial charge on any atom is -0.393 e. The first-order chi connectivity index (χ1) is 19.5. The lowest BCUT2D eigenvalue weighted by Gasteiger charge is -2.64. The Morgan fingerprint density at radius 3 is 2.46 bits per heavy atom. The Bertz CT molecular complexity index is 1180. The third kappa shape index (κ3) is 4.95. The van der Waals surface area contributed by atoms with Gasteiger partial charge in [0, 0.05) is 5.56 Å². The van der Waals surface area contributed by atoms with E-state index in [0.29, 0.717) is 58.8 Å². The summed E-state index contributed by atoms with van der Waals surface area (Å²) in [4.78, 5) is 12.6. The van der Waals surface area contributed by atoms with Gasteiger partial charge in [-0.15, -0.1) is 0 Å². The van der Waals surface area contributed by atoms with Gasteiger partial charge in [0.2, 0.25) is 0 Å². The molecule has 0 bridgehead atoms. The molecule has 1 amide bonds. The lowest BCUT2D eigenvalue weighted by Crippen LogP contribution is -2.62. The van der Waals surface area contributed by atoms with Gasteiger partial charge in [-0.25, -0.2) is 8.93 Å². The van der Waals surface area contributed by atoms with Crippen LogP contribution in [0.4, 0.5) is 0 Å². The molecule has 0 aliphatic heterocycles. The maximum atomic E-state index is 12.6. The molecule has 0 radical (unpaired) electrons. The fourth-order valence-corrected chi connectivity index (χ4v) is 11.9. The van der Waals surface area contributed by atoms with Gasteiger partial charge in [-0.05, 0) is 134 Å². The molecule has 5 fully saturated rings. The lowest BCUT2D eigenvalue weighted by atomic mass is 9.41. The summed E-state index contributed by atoms with van der Waals surface area (Å²) < 4.78 is 22.5. The molecule has 1 aromatic rings. The number of amides is 1. The van der Waals surface area contributed by atoms with Crippen molar-refractivity contribution in [2.75, 3.05) is 0 Å². The van der Waals surface area contributed by atoms with Crippen LogP contribution >= 0.6 is 0 Å². The van der Waals surface area contributed by atoms with E-state index >= 15 is 0 Å². The van der Waals surface area contributed by atoms with Crippen molar-refractivity contribution < 1.29 is 23.8 Å². The summed E-state index contributed by atoms with van der Waals surface area (Å²) >= 11 is -2.37. The van der Waals surface area contributed by atoms with Crippen molar-refractivity contribution >= 4 is 17.2 Å². The number of aliphatic hydroxyl groups excluding tert-OH is 2. The highest BCUT2D eigenvalue weighted by Crippen LogP contribution is 2.70. The monoisotopic (exact) mass is 585 g/mol. The number of fused-ring (bicyclic) bond motifs is 5. The molecule has 41 heavy (non-hydrogen) atoms. The van der Waals surface area contributed by atoms with Crippen LogP contribution in [0.5, 0.6) is 0 Å². The van der Waals surface area contributed by atoms with Gasteiger partial charge in [0.1, 0.15) is 0 Å². The van der Waals surface area contributed by atoms with E-state index in [0.717, 1.165) is 44.1 Å². The molecule has 6 rings (SSSR count). The van der Waals surface area contributed by atoms with Gasteiger partial charge in [0.05, 0.1) is 12.2 Å². The van der Waals surface area contributed by atoms with E-state index in [2.05, 4.69) is 32.4 Å². The van der Waals surface area contributed by atoms with Crippen LogP contribution in [-0.4, -0.2) is 37.1 Å². The quantitative estimate of drug-likeness (QED) is 0.281. The summed E-state index contributed by atoms with van der Waals surface area (Å²) in [6.07, 6.45) is 10.5. The summed E-state index contributed by atoms with van der Waals surface area (Å²) in [5.74, 6) is 3.85. The largest absolute Gasteiger partial charge is 0.393 e. The van der Waals surface area contributed by atoms with Crippen molar-refractivity contribution in [3.05, 3.63) is 35.4 Å². The Morgan fingerprint density at radius 1 is 1.02 bits per heavy atom. The molecule has 7 heteroatoms. The van der Waals surface area contributed by atoms with Crippen LogP contribution in [0.25, 0.3) is 0 Å². The van der Waals surface area contributed by atoms with Crippen LogP contribution in [0.15, 0.2) is 24.3 Å². The van der Waals surface area contributed by atoms with Gasteiger partial charge >= 0.3 is 0 Å². The van der Waals surface area contributed by atoms with Gasteiger partial charge in [0.15, 0.2) is 0 Å². The van der Waals surface area contributed by atoms with Crippen molar-refractivity contribution in [3.63, 3.8) is 0 Å². The van der Waals surface area contributed by atoms with Crippen LogP contribution in [-0.2, 0) is 11.3 Å². The standard InChI is InChI=1S/C34H51NO5S/c1-5-22-29-18-21(36)12-14-34(29,4)28-13-15-33(3)26(10-11-27(33)30(28)31(22)37)19(2)16-20-17-25(20)23-8-6-7-9-24(23)32(38)35-41(39)40/h6-9,19-22,25-31,36-37H,5,10-18H2,1-4H3,(H,35,38)(H,39,40)/t19-,20?,21-,22-,25-,26-,27?,28?,29+,30?,31-,33?,34?/m1/s1. The zero-order chi connectivity index (χ0) is 29.3. The van der Waals surface area contributed by atoms with Gasteiger partial charge in [-0.2, -0.15) is 0 Å². The fraction of sp³-hybridized carbons (Fsp3) is 0.794. The van der Waals surface area contributed by atoms with Crippen molar-refractivity contribution in [1.29, 1.82) is 0 Å². The zero-order valence-corrected chi connectivity index (χ0v) is 26.1. The molecule has 5 saturated carbocycles. The second kappa shape index (κ2) is 11.0. The summed E-state index contributed by atoms with van der Waals surface area (Å²) in [7, 11) is 0. The molecule has 1 aromatic carbocycles. The van der Waals surface area contributed by atoms with Crippen LogP contribution in [0.3, 0.4) is 0 Å². The van der Waals surface area contributed by atoms with Crippen LogP contribution in [0.2, 0.25) is 0 Å². The number of rotatable bonds is 7. The van der Waals surface area contributed by atoms with Gasteiger partial charge in [-0.1, -0.05) is 52.3 Å². The normalized spacial score (nSPS) is 46.5. The number of hydrogen-bond acceptors (Lipinski definition) is 4. The Kier molecular flexibility index (Phi) is 8.00. The minimum absolute atomic E-state index is 0.206. The molecule has 5 aliphatic carbocycles. The number of carbonyl (C=O) groups excluding carboxylic acids is 1. The lowest BCUT2D eigenvalue weighted by molar-refractivity contribution is -0.203. The summed E-state index contributed by atoms with van der Waals surface area (Å²) in [5.41, 5.74) is 2.00. The average molecular weight is 586 g/mol. The maximum absolute atomic E-state index is 12.6. The smallest absolute Gasteiger partial charge is 0.264 e. The van der Waals surface area contributed by atoms with Gasteiger partial charge < -0.3 is 10.2 Å². The predicted octanol–water partition coefficient (Wildman–Crippen LogP) is 6.31. The van der Waals surface area contributed by atoms with E-state index in [4.69, 9.17) is 4.55 Å². The SMILES string of the molecule is CC[C@H]1[C@@H](O)C2C3CC[C@H]([C@H](C)CC4C[C@H]4c4ccccc4C(=O)NS(=O)O)C3(C)CCC2C2(C)CC[C@@H](O)C[C@@H]12. The first-order valence-electron chi connectivity index (χ1n) is 16.4. The van der Waals surface area contributed by atoms with E-state index in [1.807, 2.05) is 18.2 Å². The third-order valence-corrected chi connectivity index (χ3v) is 13.9. The van der Waals surface area contributed by atoms with E-state index in [1.54, 1.807) is 6.07 Å². The van der Waals surface area contributed by atoms with Gasteiger partial charge in [-0.3, -0.25) is 9.35 Å². The second-order valence-electron chi connectivity index (χ2n) is 15.2. The first kappa shape index (κ1) is 29.8. The van der Waals surface area contributed by atoms with Crippen molar-refractivity contribution in [1.82, 2.24) is 4.72 Å². The summed E-state index contributed by atoms with van der Waals surface area (Å²) in [6, 6.07) is 7.54. The molecule has 7 unspecified atom stereocenters. The van der Waals surface area contributed by atoms with Crippen LogP contribution in [0.1, 0.15) is 114 Å². The van der Waals surface area contributed by atoms with E-state index in [1.165, 1.54) is 25.7 Å². The number of hydrogen-bond donors (Lipinski definition) is 4. The molecule has 228 valence electrons. The highest BCUT2D eigenvalue weighted by Gasteiger charge is 2.65. The molecule has 0 aromatic heterocycles. The number of benzene rings is 1. The molecule has 0 spiro atoms. The highest BCUT2D eigenvalue weighted by molar-refractivity contribution is 7.77. The first-order valence-corrected chi connectivity index (χ1v) is 17.5. The summed E-state index contributed by atoms with van der Waals surface area (Å²) in [6.45, 7) is 9.75. The average Bonchev–Trinajstić information content (AvgIpc) is 3.59. The number of nitrogens with one attached hydrogen (secondary N) is 1. The van der Waals surface area contributed by atoms with Crippen molar-refractivity contribution in [2.24, 2.45) is 58.2 Å². The van der Waals surface area contributed by atoms with E-state index in [-0.39, 0.29) is 23.0 Å². The molecule has 5 aliphatic rings. The minimum atomic E-state index is -2.37. The molecule has 14 atom stereocenters. The van der Waals surface area contributed by atoms with Gasteiger partial charge in [0.25, 0.3) is 17.2 Å². The molecule has 6 nitrogen and oxygen atoms in total. The Labute approximate surface area is 248 Å². The maximum Gasteiger partial charge on any atom is 0.264 e. The Hall–Kier alpha value is -1.28. The van der Waals surface area contributed by atoms with Crippen molar-refractivity contribution in [2.45, 2.75) is 110 Å². The number of carbonyl (C=O) groups is 1. The topological polar surface area (TPSA) is 107 Å². The van der Waals surface area contributed by atoms with Crippen molar-refractivity contribution in [3.8, 4) is 0 Å². The molecule has 0 heterocycles. The Balaban J connectivity index is 1.17. The molecular weight excluding hydrogens is 534 g/mol. The van der Waals surface area contributed by atoms with E-state index < -0.39 is 17.2 Å². The Morgan fingerprint density at radius 2 is 1.73 bits per heavy atom. The summed E-state index contributed by atoms with van der Waals surface area (Å²) in [5, 5.41) is 22.5. The second-order valence-corrected chi connectivity index (χ2v) is 15.9. The predicted molar refractivity (Wildman–Crippen MR) is 161 cm³/mol. The molecule has 4 N–H and O–H groups in total. The third-order valence-electron chi connectivity index (χ3n) is 13.5. The highest BCUT2D eigenvalue weighted by atomic mass is 32.2. The van der Waals surface area contributed by atoms with E-state index in [9.17, 15) is 19.2 Å². The number of aliphatic hydroxyl groups is 2. The van der Waals surface area contributed by atoms with Crippen LogP contribution in [0, 0.1) is 58.2 Å². The molecule has 0 saturated heterocycles. The fourth-order valence-electron chi connectivity index (χ4n) is 11.6. The van der Waals surface area contributed by atoms with Crippen LogP contribution < -0.4 is 4.72 Å². The zero-order valence-electron chi connectivity index (χ0n) is 25.3. The molecular formula is C34H51NO5S.